The number of rotatable bonds is 5. The summed E-state index contributed by atoms with van der Waals surface area (Å²) in [6.07, 6.45) is 1.03. The number of Topliss-reactive ketones (excluding diaryl/α,β-unsaturated/α-hetero) is 1. The van der Waals surface area contributed by atoms with Crippen LogP contribution in [0.5, 0.6) is 0 Å². The summed E-state index contributed by atoms with van der Waals surface area (Å²) in [6, 6.07) is 14.4. The summed E-state index contributed by atoms with van der Waals surface area (Å²) in [7, 11) is 0. The van der Waals surface area contributed by atoms with Gasteiger partial charge in [0.15, 0.2) is 5.78 Å². The van der Waals surface area contributed by atoms with Crippen molar-refractivity contribution in [2.45, 2.75) is 19.8 Å². The van der Waals surface area contributed by atoms with Gasteiger partial charge in [-0.1, -0.05) is 24.3 Å². The van der Waals surface area contributed by atoms with Gasteiger partial charge in [-0.25, -0.2) is 0 Å². The molecule has 21 heavy (non-hydrogen) atoms. The van der Waals surface area contributed by atoms with E-state index in [0.717, 1.165) is 5.56 Å². The maximum atomic E-state index is 11.9. The van der Waals surface area contributed by atoms with Crippen molar-refractivity contribution in [3.05, 3.63) is 59.7 Å². The molecule has 0 saturated carbocycles. The Morgan fingerprint density at radius 2 is 1.81 bits per heavy atom. The number of benzene rings is 2. The van der Waals surface area contributed by atoms with Gasteiger partial charge in [0, 0.05) is 23.4 Å². The molecule has 3 N–H and O–H groups in total. The molecule has 0 aliphatic rings. The average Bonchev–Trinajstić information content (AvgIpc) is 2.47. The lowest BCUT2D eigenvalue weighted by Crippen LogP contribution is -2.12. The van der Waals surface area contributed by atoms with Crippen molar-refractivity contribution in [2.75, 3.05) is 11.1 Å². The molecule has 2 aromatic carbocycles. The van der Waals surface area contributed by atoms with E-state index in [1.54, 1.807) is 24.3 Å². The average molecular weight is 282 g/mol. The Labute approximate surface area is 124 Å². The number of nitrogens with two attached hydrogens (primary N) is 1. The van der Waals surface area contributed by atoms with Gasteiger partial charge in [0.2, 0.25) is 5.91 Å². The van der Waals surface area contributed by atoms with Crippen LogP contribution in [0.2, 0.25) is 0 Å². The zero-order chi connectivity index (χ0) is 15.2. The van der Waals surface area contributed by atoms with Crippen LogP contribution in [0, 0.1) is 0 Å². The first-order valence-electron chi connectivity index (χ1n) is 6.80. The summed E-state index contributed by atoms with van der Waals surface area (Å²) in [6.45, 7) is 1.50. The van der Waals surface area contributed by atoms with Gasteiger partial charge >= 0.3 is 0 Å². The van der Waals surface area contributed by atoms with Crippen molar-refractivity contribution in [3.63, 3.8) is 0 Å². The molecule has 2 rings (SSSR count). The smallest absolute Gasteiger partial charge is 0.224 e. The molecule has 0 aliphatic heterocycles. The third kappa shape index (κ3) is 4.45. The van der Waals surface area contributed by atoms with Crippen LogP contribution in [-0.2, 0) is 11.2 Å². The number of amides is 1. The normalized spacial score (nSPS) is 10.1. The summed E-state index contributed by atoms with van der Waals surface area (Å²) in [5.41, 5.74) is 8.63. The molecule has 0 spiro atoms. The summed E-state index contributed by atoms with van der Waals surface area (Å²) >= 11 is 0. The molecule has 0 radical (unpaired) electrons. The Kier molecular flexibility index (Phi) is 4.72. The maximum Gasteiger partial charge on any atom is 0.224 e. The SMILES string of the molecule is CC(=O)c1cccc(NC(=O)CCc2ccc(N)cc2)c1. The number of hydrogen-bond acceptors (Lipinski definition) is 3. The number of nitrogens with one attached hydrogen (secondary N) is 1. The summed E-state index contributed by atoms with van der Waals surface area (Å²) < 4.78 is 0. The fraction of sp³-hybridized carbons (Fsp3) is 0.176. The van der Waals surface area contributed by atoms with E-state index in [0.29, 0.717) is 29.8 Å². The van der Waals surface area contributed by atoms with Crippen molar-refractivity contribution in [1.82, 2.24) is 0 Å². The molecule has 0 atom stereocenters. The molecule has 4 heteroatoms. The van der Waals surface area contributed by atoms with E-state index >= 15 is 0 Å². The second kappa shape index (κ2) is 6.70. The molecule has 2 aromatic rings. The molecule has 0 heterocycles. The van der Waals surface area contributed by atoms with E-state index in [1.807, 2.05) is 24.3 Å². The van der Waals surface area contributed by atoms with Gasteiger partial charge in [0.1, 0.15) is 0 Å². The van der Waals surface area contributed by atoms with Crippen molar-refractivity contribution in [3.8, 4) is 0 Å². The number of nitrogen functional groups attached to an aromatic ring is 1. The Bertz CT molecular complexity index is 648. The minimum absolute atomic E-state index is 0.0204. The van der Waals surface area contributed by atoms with Gasteiger partial charge < -0.3 is 11.1 Å². The number of carbonyl (C=O) groups is 2. The van der Waals surface area contributed by atoms with Crippen LogP contribution in [0.1, 0.15) is 29.3 Å². The predicted molar refractivity (Wildman–Crippen MR) is 84.3 cm³/mol. The van der Waals surface area contributed by atoms with Gasteiger partial charge in [0.05, 0.1) is 0 Å². The van der Waals surface area contributed by atoms with Gasteiger partial charge in [-0.2, -0.15) is 0 Å². The van der Waals surface area contributed by atoms with Crippen molar-refractivity contribution in [2.24, 2.45) is 0 Å². The van der Waals surface area contributed by atoms with E-state index in [-0.39, 0.29) is 11.7 Å². The molecule has 1 amide bonds. The topological polar surface area (TPSA) is 72.2 Å². The Morgan fingerprint density at radius 1 is 1.10 bits per heavy atom. The molecule has 0 saturated heterocycles. The monoisotopic (exact) mass is 282 g/mol. The molecule has 0 unspecified atom stereocenters. The minimum Gasteiger partial charge on any atom is -0.399 e. The largest absolute Gasteiger partial charge is 0.399 e. The predicted octanol–water partition coefficient (Wildman–Crippen LogP) is 3.04. The Hall–Kier alpha value is -2.62. The number of anilines is 2. The van der Waals surface area contributed by atoms with Crippen LogP contribution in [0.15, 0.2) is 48.5 Å². The fourth-order valence-corrected chi connectivity index (χ4v) is 1.98. The maximum absolute atomic E-state index is 11.9. The zero-order valence-corrected chi connectivity index (χ0v) is 11.9. The Balaban J connectivity index is 1.91. The molecule has 0 aliphatic carbocycles. The van der Waals surface area contributed by atoms with E-state index in [2.05, 4.69) is 5.32 Å². The van der Waals surface area contributed by atoms with Gasteiger partial charge in [-0.05, 0) is 43.2 Å². The van der Waals surface area contributed by atoms with Gasteiger partial charge in [-0.15, -0.1) is 0 Å². The van der Waals surface area contributed by atoms with Crippen molar-refractivity contribution >= 4 is 23.1 Å². The fourth-order valence-electron chi connectivity index (χ4n) is 1.98. The quantitative estimate of drug-likeness (QED) is 0.654. The van der Waals surface area contributed by atoms with Crippen LogP contribution in [0.4, 0.5) is 11.4 Å². The Morgan fingerprint density at radius 3 is 2.48 bits per heavy atom. The number of hydrogen-bond donors (Lipinski definition) is 2. The first-order chi connectivity index (χ1) is 10.0. The number of ketones is 1. The van der Waals surface area contributed by atoms with Gasteiger partial charge in [-0.3, -0.25) is 9.59 Å². The highest BCUT2D eigenvalue weighted by atomic mass is 16.1. The second-order valence-corrected chi connectivity index (χ2v) is 4.93. The number of carbonyl (C=O) groups excluding carboxylic acids is 2. The number of aryl methyl sites for hydroxylation is 1. The van der Waals surface area contributed by atoms with Crippen molar-refractivity contribution in [1.29, 1.82) is 0 Å². The first kappa shape index (κ1) is 14.8. The minimum atomic E-state index is -0.0764. The van der Waals surface area contributed by atoms with Crippen molar-refractivity contribution < 1.29 is 9.59 Å². The van der Waals surface area contributed by atoms with E-state index in [9.17, 15) is 9.59 Å². The van der Waals surface area contributed by atoms with Crippen LogP contribution in [-0.4, -0.2) is 11.7 Å². The van der Waals surface area contributed by atoms with E-state index in [1.165, 1.54) is 6.92 Å². The van der Waals surface area contributed by atoms with E-state index < -0.39 is 0 Å². The van der Waals surface area contributed by atoms with Crippen LogP contribution < -0.4 is 11.1 Å². The highest BCUT2D eigenvalue weighted by Gasteiger charge is 2.05. The lowest BCUT2D eigenvalue weighted by atomic mass is 10.1. The van der Waals surface area contributed by atoms with Crippen LogP contribution in [0.3, 0.4) is 0 Å². The second-order valence-electron chi connectivity index (χ2n) is 4.93. The lowest BCUT2D eigenvalue weighted by Gasteiger charge is -2.06. The molecule has 4 nitrogen and oxygen atoms in total. The third-order valence-corrected chi connectivity index (χ3v) is 3.17. The summed E-state index contributed by atoms with van der Waals surface area (Å²) in [5, 5.41) is 2.80. The van der Waals surface area contributed by atoms with Crippen LogP contribution >= 0.6 is 0 Å². The zero-order valence-electron chi connectivity index (χ0n) is 11.9. The van der Waals surface area contributed by atoms with Gasteiger partial charge in [0.25, 0.3) is 0 Å². The molecule has 0 fully saturated rings. The third-order valence-electron chi connectivity index (χ3n) is 3.17. The van der Waals surface area contributed by atoms with Crippen LogP contribution in [0.25, 0.3) is 0 Å². The summed E-state index contributed by atoms with van der Waals surface area (Å²) in [4.78, 5) is 23.2. The molecular formula is C17H18N2O2. The highest BCUT2D eigenvalue weighted by molar-refractivity contribution is 5.97. The molecule has 108 valence electrons. The summed E-state index contributed by atoms with van der Waals surface area (Å²) in [5.74, 6) is -0.0968. The first-order valence-corrected chi connectivity index (χ1v) is 6.80. The molecule has 0 bridgehead atoms. The standard InChI is InChI=1S/C17H18N2O2/c1-12(20)14-3-2-4-16(11-14)19-17(21)10-7-13-5-8-15(18)9-6-13/h2-6,8-9,11H,7,10,18H2,1H3,(H,19,21). The van der Waals surface area contributed by atoms with E-state index in [4.69, 9.17) is 5.73 Å². The highest BCUT2D eigenvalue weighted by Crippen LogP contribution is 2.13. The molecule has 0 aromatic heterocycles. The lowest BCUT2D eigenvalue weighted by molar-refractivity contribution is -0.116. The molecular weight excluding hydrogens is 264 g/mol.